The molecule has 1 nitrogen and oxygen atoms in total. The van der Waals surface area contributed by atoms with E-state index in [1.54, 1.807) is 0 Å². The number of hydrogen-bond acceptors (Lipinski definition) is 0. The largest absolute Gasteiger partial charge is 0.226 e. The smallest absolute Gasteiger partial charge is 0.176 e. The van der Waals surface area contributed by atoms with Gasteiger partial charge in [-0.2, -0.15) is 0 Å². The number of fused-ring (bicyclic) bond motifs is 7. The number of nitrogens with zero attached hydrogens (tertiary/aromatic N) is 1. The molecular weight excluding hydrogens is 362 g/mol. The predicted octanol–water partition coefficient (Wildman–Crippen LogP) is 7.60. The average Bonchev–Trinajstić information content (AvgIpc) is 2.87. The molecule has 0 radical (unpaired) electrons. The maximum absolute atomic E-state index is 2.58. The lowest BCUT2D eigenvalue weighted by atomic mass is 9.85. The normalized spacial score (nSPS) is 17.2. The van der Waals surface area contributed by atoms with Crippen LogP contribution in [0.2, 0.25) is 0 Å². The monoisotopic (exact) mass is 392 g/mol. The highest BCUT2D eigenvalue weighted by molar-refractivity contribution is 6.12. The SMILES string of the molecule is C[C@@H]1c2ccc3ccccc3c2-c2c(ccc3ccccc23)C=[N+]1[C@H](C)C(C)(C)C. The Hall–Kier alpha value is -2.93. The van der Waals surface area contributed by atoms with Gasteiger partial charge in [0.2, 0.25) is 0 Å². The van der Waals surface area contributed by atoms with Gasteiger partial charge >= 0.3 is 0 Å². The number of hydrogen-bond donors (Lipinski definition) is 0. The van der Waals surface area contributed by atoms with E-state index < -0.39 is 0 Å². The van der Waals surface area contributed by atoms with Crippen molar-refractivity contribution in [3.05, 3.63) is 83.9 Å². The minimum absolute atomic E-state index is 0.184. The Morgan fingerprint density at radius 3 is 1.93 bits per heavy atom. The van der Waals surface area contributed by atoms with Crippen LogP contribution in [-0.2, 0) is 0 Å². The van der Waals surface area contributed by atoms with Gasteiger partial charge in [-0.05, 0) is 34.5 Å². The Kier molecular flexibility index (Phi) is 4.32. The molecule has 0 spiro atoms. The van der Waals surface area contributed by atoms with Crippen molar-refractivity contribution in [2.45, 2.75) is 46.7 Å². The topological polar surface area (TPSA) is 3.01 Å². The molecule has 0 bridgehead atoms. The zero-order valence-corrected chi connectivity index (χ0v) is 18.6. The van der Waals surface area contributed by atoms with Gasteiger partial charge in [0, 0.05) is 34.6 Å². The van der Waals surface area contributed by atoms with Gasteiger partial charge < -0.3 is 0 Å². The van der Waals surface area contributed by atoms with Crippen molar-refractivity contribution in [1.82, 2.24) is 0 Å². The number of rotatable bonds is 1. The fourth-order valence-electron chi connectivity index (χ4n) is 4.92. The highest BCUT2D eigenvalue weighted by Crippen LogP contribution is 2.44. The highest BCUT2D eigenvalue weighted by Gasteiger charge is 2.37. The molecule has 1 aliphatic rings. The van der Waals surface area contributed by atoms with E-state index in [1.165, 1.54) is 43.8 Å². The maximum atomic E-state index is 2.58. The summed E-state index contributed by atoms with van der Waals surface area (Å²) < 4.78 is 2.58. The average molecular weight is 393 g/mol. The molecule has 0 saturated heterocycles. The Morgan fingerprint density at radius 1 is 0.733 bits per heavy atom. The molecule has 0 N–H and O–H groups in total. The summed E-state index contributed by atoms with van der Waals surface area (Å²) in [5.74, 6) is 0. The summed E-state index contributed by atoms with van der Waals surface area (Å²) in [5.41, 5.74) is 5.67. The van der Waals surface area contributed by atoms with Crippen molar-refractivity contribution in [3.8, 4) is 11.1 Å². The lowest BCUT2D eigenvalue weighted by Crippen LogP contribution is -2.37. The molecular formula is C29H30N+. The zero-order chi connectivity index (χ0) is 21.0. The third-order valence-corrected chi connectivity index (χ3v) is 7.06. The molecule has 1 aliphatic heterocycles. The quantitative estimate of drug-likeness (QED) is 0.293. The Bertz CT molecular complexity index is 1300. The first kappa shape index (κ1) is 19.1. The van der Waals surface area contributed by atoms with Gasteiger partial charge in [0.1, 0.15) is 0 Å². The van der Waals surface area contributed by atoms with Gasteiger partial charge in [0.05, 0.1) is 0 Å². The van der Waals surface area contributed by atoms with Gasteiger partial charge in [-0.15, -0.1) is 0 Å². The molecule has 4 aromatic carbocycles. The first-order valence-electron chi connectivity index (χ1n) is 11.0. The summed E-state index contributed by atoms with van der Waals surface area (Å²) in [6.07, 6.45) is 2.41. The second-order valence-electron chi connectivity index (χ2n) is 9.80. The molecule has 4 aromatic rings. The molecule has 150 valence electrons. The van der Waals surface area contributed by atoms with Crippen LogP contribution in [0.4, 0.5) is 0 Å². The van der Waals surface area contributed by atoms with E-state index >= 15 is 0 Å². The van der Waals surface area contributed by atoms with Crippen molar-refractivity contribution in [3.63, 3.8) is 0 Å². The molecule has 30 heavy (non-hydrogen) atoms. The first-order valence-corrected chi connectivity index (χ1v) is 11.0. The fourth-order valence-corrected chi connectivity index (χ4v) is 4.92. The third-order valence-electron chi connectivity index (χ3n) is 7.06. The van der Waals surface area contributed by atoms with Crippen LogP contribution in [-0.4, -0.2) is 16.8 Å². The molecule has 0 aliphatic carbocycles. The summed E-state index contributed by atoms with van der Waals surface area (Å²) in [6, 6.07) is 27.6. The van der Waals surface area contributed by atoms with E-state index in [-0.39, 0.29) is 5.41 Å². The van der Waals surface area contributed by atoms with E-state index in [2.05, 4.69) is 118 Å². The second-order valence-corrected chi connectivity index (χ2v) is 9.80. The van der Waals surface area contributed by atoms with Crippen LogP contribution < -0.4 is 0 Å². The van der Waals surface area contributed by atoms with Crippen LogP contribution in [0.5, 0.6) is 0 Å². The summed E-state index contributed by atoms with van der Waals surface area (Å²) in [4.78, 5) is 0. The van der Waals surface area contributed by atoms with Gasteiger partial charge in [-0.25, -0.2) is 4.58 Å². The van der Waals surface area contributed by atoms with Gasteiger partial charge in [-0.1, -0.05) is 87.5 Å². The van der Waals surface area contributed by atoms with Crippen LogP contribution >= 0.6 is 0 Å². The van der Waals surface area contributed by atoms with Crippen LogP contribution in [0.15, 0.2) is 72.8 Å². The van der Waals surface area contributed by atoms with Crippen LogP contribution in [0.1, 0.15) is 51.8 Å². The second kappa shape index (κ2) is 6.80. The van der Waals surface area contributed by atoms with Crippen molar-refractivity contribution >= 4 is 27.8 Å². The van der Waals surface area contributed by atoms with Crippen LogP contribution in [0, 0.1) is 5.41 Å². The minimum atomic E-state index is 0.184. The number of benzene rings is 4. The van der Waals surface area contributed by atoms with E-state index in [1.807, 2.05) is 0 Å². The molecule has 0 amide bonds. The van der Waals surface area contributed by atoms with E-state index in [0.717, 1.165) is 0 Å². The lowest BCUT2D eigenvalue weighted by molar-refractivity contribution is -0.609. The fraction of sp³-hybridized carbons (Fsp3) is 0.276. The first-order chi connectivity index (χ1) is 14.4. The van der Waals surface area contributed by atoms with Gasteiger partial charge in [-0.3, -0.25) is 0 Å². The Balaban J connectivity index is 1.95. The molecule has 0 fully saturated rings. The summed E-state index contributed by atoms with van der Waals surface area (Å²) >= 11 is 0. The predicted molar refractivity (Wildman–Crippen MR) is 130 cm³/mol. The summed E-state index contributed by atoms with van der Waals surface area (Å²) in [5, 5.41) is 5.28. The molecule has 0 saturated carbocycles. The molecule has 2 atom stereocenters. The van der Waals surface area contributed by atoms with Crippen molar-refractivity contribution in [1.29, 1.82) is 0 Å². The van der Waals surface area contributed by atoms with Crippen LogP contribution in [0.3, 0.4) is 0 Å². The molecule has 1 heteroatoms. The molecule has 0 aromatic heterocycles. The van der Waals surface area contributed by atoms with Crippen molar-refractivity contribution < 1.29 is 4.58 Å². The van der Waals surface area contributed by atoms with E-state index in [0.29, 0.717) is 12.1 Å². The third kappa shape index (κ3) is 2.88. The lowest BCUT2D eigenvalue weighted by Gasteiger charge is -2.28. The summed E-state index contributed by atoms with van der Waals surface area (Å²) in [6.45, 7) is 11.7. The van der Waals surface area contributed by atoms with Crippen molar-refractivity contribution in [2.75, 3.05) is 0 Å². The van der Waals surface area contributed by atoms with E-state index in [9.17, 15) is 0 Å². The summed E-state index contributed by atoms with van der Waals surface area (Å²) in [7, 11) is 0. The zero-order valence-electron chi connectivity index (χ0n) is 18.6. The molecule has 5 rings (SSSR count). The Labute approximate surface area is 179 Å². The van der Waals surface area contributed by atoms with E-state index in [4.69, 9.17) is 0 Å². The molecule has 1 heterocycles. The highest BCUT2D eigenvalue weighted by atomic mass is 15.1. The molecule has 0 unspecified atom stereocenters. The standard InChI is InChI=1S/C29H30N/c1-19-24-17-16-22-11-7-9-13-26(22)28(24)27-23(18-30(19)20(2)29(3,4)5)15-14-21-10-6-8-12-25(21)27/h6-20H,1-5H3/q+1/t19-,20-/m1/s1. The Morgan fingerprint density at radius 2 is 1.30 bits per heavy atom. The van der Waals surface area contributed by atoms with Crippen molar-refractivity contribution in [2.24, 2.45) is 5.41 Å². The minimum Gasteiger partial charge on any atom is -0.226 e. The van der Waals surface area contributed by atoms with Gasteiger partial charge in [0.25, 0.3) is 0 Å². The van der Waals surface area contributed by atoms with Crippen LogP contribution in [0.25, 0.3) is 32.7 Å². The maximum Gasteiger partial charge on any atom is 0.176 e. The van der Waals surface area contributed by atoms with Gasteiger partial charge in [0.15, 0.2) is 18.3 Å².